The second-order valence-corrected chi connectivity index (χ2v) is 7.78. The van der Waals surface area contributed by atoms with Crippen molar-refractivity contribution >= 4 is 22.7 Å². The van der Waals surface area contributed by atoms with Crippen LogP contribution >= 0.6 is 0 Å². The molecule has 0 radical (unpaired) electrons. The number of halogens is 3. The lowest BCUT2D eigenvalue weighted by molar-refractivity contribution is -0.192. The maximum absolute atomic E-state index is 11.9. The third kappa shape index (κ3) is 6.75. The third-order valence-corrected chi connectivity index (χ3v) is 5.26. The Balaban J connectivity index is 0.000000406. The van der Waals surface area contributed by atoms with Crippen LogP contribution in [-0.4, -0.2) is 70.3 Å². The molecule has 1 aromatic carbocycles. The van der Waals surface area contributed by atoms with E-state index < -0.39 is 12.1 Å². The number of hydrogen-bond donors (Lipinski definition) is 3. The Morgan fingerprint density at radius 2 is 1.68 bits per heavy atom. The fraction of sp³-hybridized carbons (Fsp3) is 0.364. The van der Waals surface area contributed by atoms with Gasteiger partial charge in [-0.05, 0) is 24.1 Å². The van der Waals surface area contributed by atoms with Crippen LogP contribution in [0.3, 0.4) is 0 Å². The minimum absolute atomic E-state index is 0.0535. The normalized spacial score (nSPS) is 14.5. The van der Waals surface area contributed by atoms with Gasteiger partial charge in [-0.3, -0.25) is 4.79 Å². The van der Waals surface area contributed by atoms with Gasteiger partial charge in [-0.15, -0.1) is 0 Å². The van der Waals surface area contributed by atoms with Crippen LogP contribution in [0.25, 0.3) is 10.8 Å². The fourth-order valence-electron chi connectivity index (χ4n) is 3.37. The molecule has 1 aliphatic rings. The minimum Gasteiger partial charge on any atom is -0.475 e. The number of benzene rings is 1. The van der Waals surface area contributed by atoms with Crippen molar-refractivity contribution in [2.45, 2.75) is 19.3 Å². The van der Waals surface area contributed by atoms with Gasteiger partial charge in [0.25, 0.3) is 5.56 Å². The van der Waals surface area contributed by atoms with Crippen molar-refractivity contribution in [1.29, 1.82) is 0 Å². The van der Waals surface area contributed by atoms with Gasteiger partial charge in [-0.1, -0.05) is 18.2 Å². The minimum atomic E-state index is -5.08. The lowest BCUT2D eigenvalue weighted by Crippen LogP contribution is -2.45. The maximum Gasteiger partial charge on any atom is 0.490 e. The predicted octanol–water partition coefficient (Wildman–Crippen LogP) is 1.99. The smallest absolute Gasteiger partial charge is 0.475 e. The maximum atomic E-state index is 11.9. The molecular formula is C22H25F3N6O3. The molecule has 0 aliphatic carbocycles. The number of piperazine rings is 1. The van der Waals surface area contributed by atoms with Gasteiger partial charge in [0.1, 0.15) is 0 Å². The number of hydrogen-bond acceptors (Lipinski definition) is 7. The topological polar surface area (TPSA) is 114 Å². The summed E-state index contributed by atoms with van der Waals surface area (Å²) in [5.41, 5.74) is 2.06. The van der Waals surface area contributed by atoms with E-state index in [1.54, 1.807) is 6.20 Å². The molecule has 3 aromatic rings. The molecule has 12 heteroatoms. The van der Waals surface area contributed by atoms with E-state index in [1.807, 2.05) is 36.7 Å². The van der Waals surface area contributed by atoms with E-state index in [9.17, 15) is 18.0 Å². The van der Waals surface area contributed by atoms with E-state index in [0.29, 0.717) is 13.1 Å². The Kier molecular flexibility index (Phi) is 8.18. The largest absolute Gasteiger partial charge is 0.490 e. The quantitative estimate of drug-likeness (QED) is 0.510. The van der Waals surface area contributed by atoms with Crippen LogP contribution in [-0.2, 0) is 17.9 Å². The number of carboxylic acids is 1. The number of anilines is 1. The predicted molar refractivity (Wildman–Crippen MR) is 121 cm³/mol. The summed E-state index contributed by atoms with van der Waals surface area (Å²) in [6.07, 6.45) is 0.474. The van der Waals surface area contributed by atoms with Crippen LogP contribution in [0.1, 0.15) is 11.1 Å². The van der Waals surface area contributed by atoms with E-state index in [1.165, 1.54) is 0 Å². The van der Waals surface area contributed by atoms with Crippen molar-refractivity contribution in [3.05, 3.63) is 64.3 Å². The zero-order valence-corrected chi connectivity index (χ0v) is 18.5. The van der Waals surface area contributed by atoms with Crippen molar-refractivity contribution in [3.63, 3.8) is 0 Å². The highest BCUT2D eigenvalue weighted by molar-refractivity contribution is 5.84. The SMILES string of the molecule is CN1CCN(c2ncc(CNCc3c[nH]c(=O)c4ccccc34)cn2)CC1.O=C(O)C(F)(F)F. The first kappa shape index (κ1) is 25.1. The molecule has 4 rings (SSSR count). The molecule has 34 heavy (non-hydrogen) atoms. The molecule has 0 saturated carbocycles. The van der Waals surface area contributed by atoms with Crippen molar-refractivity contribution in [2.75, 3.05) is 38.1 Å². The highest BCUT2D eigenvalue weighted by atomic mass is 19.4. The van der Waals surface area contributed by atoms with Gasteiger partial charge >= 0.3 is 12.1 Å². The fourth-order valence-corrected chi connectivity index (χ4v) is 3.37. The molecule has 1 aliphatic heterocycles. The van der Waals surface area contributed by atoms with Crippen molar-refractivity contribution in [2.24, 2.45) is 0 Å². The molecule has 0 spiro atoms. The second kappa shape index (κ2) is 11.1. The zero-order valence-electron chi connectivity index (χ0n) is 18.5. The summed E-state index contributed by atoms with van der Waals surface area (Å²) in [6.45, 7) is 5.36. The summed E-state index contributed by atoms with van der Waals surface area (Å²) in [7, 11) is 2.14. The number of aromatic nitrogens is 3. The number of alkyl halides is 3. The van der Waals surface area contributed by atoms with Gasteiger partial charge in [0.2, 0.25) is 5.95 Å². The summed E-state index contributed by atoms with van der Waals surface area (Å²) in [5.74, 6) is -1.95. The first-order chi connectivity index (χ1) is 16.1. The molecule has 2 aromatic heterocycles. The first-order valence-electron chi connectivity index (χ1n) is 10.5. The molecule has 0 atom stereocenters. The number of fused-ring (bicyclic) bond motifs is 1. The average molecular weight is 478 g/mol. The number of carboxylic acid groups (broad SMARTS) is 1. The molecule has 1 fully saturated rings. The lowest BCUT2D eigenvalue weighted by Gasteiger charge is -2.32. The molecular weight excluding hydrogens is 453 g/mol. The Morgan fingerprint density at radius 1 is 1.09 bits per heavy atom. The van der Waals surface area contributed by atoms with E-state index in [-0.39, 0.29) is 5.56 Å². The summed E-state index contributed by atoms with van der Waals surface area (Å²) < 4.78 is 31.7. The highest BCUT2D eigenvalue weighted by Gasteiger charge is 2.38. The van der Waals surface area contributed by atoms with Crippen LogP contribution in [0.5, 0.6) is 0 Å². The van der Waals surface area contributed by atoms with Gasteiger partial charge < -0.3 is 25.2 Å². The number of H-pyrrole nitrogens is 1. The molecule has 3 N–H and O–H groups in total. The molecule has 3 heterocycles. The third-order valence-electron chi connectivity index (χ3n) is 5.26. The van der Waals surface area contributed by atoms with Crippen molar-refractivity contribution < 1.29 is 23.1 Å². The van der Waals surface area contributed by atoms with E-state index in [4.69, 9.17) is 9.90 Å². The molecule has 1 saturated heterocycles. The molecule has 182 valence electrons. The van der Waals surface area contributed by atoms with Crippen LogP contribution in [0.2, 0.25) is 0 Å². The van der Waals surface area contributed by atoms with Crippen LogP contribution in [0.15, 0.2) is 47.7 Å². The number of carbonyl (C=O) groups is 1. The van der Waals surface area contributed by atoms with Crippen molar-refractivity contribution in [3.8, 4) is 0 Å². The van der Waals surface area contributed by atoms with Crippen LogP contribution < -0.4 is 15.8 Å². The van der Waals surface area contributed by atoms with Gasteiger partial charge in [0.15, 0.2) is 0 Å². The number of rotatable bonds is 5. The van der Waals surface area contributed by atoms with Gasteiger partial charge in [0, 0.05) is 68.8 Å². The second-order valence-electron chi connectivity index (χ2n) is 7.78. The Morgan fingerprint density at radius 3 is 2.26 bits per heavy atom. The number of aliphatic carboxylic acids is 1. The Labute approximate surface area is 193 Å². The molecule has 0 amide bonds. The molecule has 0 bridgehead atoms. The van der Waals surface area contributed by atoms with E-state index >= 15 is 0 Å². The first-order valence-corrected chi connectivity index (χ1v) is 10.5. The summed E-state index contributed by atoms with van der Waals surface area (Å²) >= 11 is 0. The summed E-state index contributed by atoms with van der Waals surface area (Å²) in [5, 5.41) is 12.2. The van der Waals surface area contributed by atoms with Gasteiger partial charge in [-0.2, -0.15) is 13.2 Å². The Hall–Kier alpha value is -3.51. The number of nitrogens with one attached hydrogen (secondary N) is 2. The Bertz CT molecular complexity index is 1160. The number of pyridine rings is 1. The van der Waals surface area contributed by atoms with Crippen LogP contribution in [0.4, 0.5) is 19.1 Å². The van der Waals surface area contributed by atoms with Crippen LogP contribution in [0, 0.1) is 0 Å². The van der Waals surface area contributed by atoms with Gasteiger partial charge in [-0.25, -0.2) is 14.8 Å². The zero-order chi connectivity index (χ0) is 24.7. The van der Waals surface area contributed by atoms with Gasteiger partial charge in [0.05, 0.1) is 0 Å². The molecule has 0 unspecified atom stereocenters. The number of nitrogens with zero attached hydrogens (tertiary/aromatic N) is 4. The van der Waals surface area contributed by atoms with Crippen molar-refractivity contribution in [1.82, 2.24) is 25.2 Å². The van der Waals surface area contributed by atoms with E-state index in [2.05, 4.69) is 37.1 Å². The standard InChI is InChI=1S/C20H24N6O.C2HF3O2/c1-25-6-8-26(9-7-25)20-23-11-15(12-24-20)10-21-13-16-14-22-19(27)18-5-3-2-4-17(16)18;3-2(4,5)1(6)7/h2-5,11-12,14,21H,6-10,13H2,1H3,(H,22,27);(H,6,7). The summed E-state index contributed by atoms with van der Waals surface area (Å²) in [6, 6.07) is 7.67. The average Bonchev–Trinajstić information content (AvgIpc) is 2.82. The number of likely N-dealkylation sites (N-methyl/N-ethyl adjacent to an activating group) is 1. The lowest BCUT2D eigenvalue weighted by atomic mass is 10.1. The number of aromatic amines is 1. The summed E-state index contributed by atoms with van der Waals surface area (Å²) in [4.78, 5) is 37.2. The van der Waals surface area contributed by atoms with E-state index in [0.717, 1.165) is 54.0 Å². The monoisotopic (exact) mass is 478 g/mol. The highest BCUT2D eigenvalue weighted by Crippen LogP contribution is 2.15. The molecule has 9 nitrogen and oxygen atoms in total.